The van der Waals surface area contributed by atoms with Gasteiger partial charge in [-0.25, -0.2) is 9.97 Å². The van der Waals surface area contributed by atoms with E-state index in [2.05, 4.69) is 26.8 Å². The maximum Gasteiger partial charge on any atom is 0.250 e. The molecular formula is C18H25N5O. The zero-order valence-electron chi connectivity index (χ0n) is 14.6. The fourth-order valence-corrected chi connectivity index (χ4v) is 3.17. The maximum atomic E-state index is 11.8. The van der Waals surface area contributed by atoms with E-state index in [9.17, 15) is 4.79 Å². The molecule has 2 aromatic rings. The summed E-state index contributed by atoms with van der Waals surface area (Å²) in [7, 11) is 3.84. The van der Waals surface area contributed by atoms with Gasteiger partial charge in [-0.1, -0.05) is 0 Å². The molecular weight excluding hydrogens is 302 g/mol. The monoisotopic (exact) mass is 327 g/mol. The van der Waals surface area contributed by atoms with Crippen LogP contribution in [0.2, 0.25) is 0 Å². The smallest absolute Gasteiger partial charge is 0.250 e. The highest BCUT2D eigenvalue weighted by molar-refractivity contribution is 5.30. The molecule has 0 saturated carbocycles. The Balaban J connectivity index is 1.66. The number of aromatic nitrogens is 3. The Morgan fingerprint density at radius 1 is 1.33 bits per heavy atom. The second-order valence-corrected chi connectivity index (χ2v) is 6.69. The number of likely N-dealkylation sites (tertiary alicyclic amines) is 1. The fourth-order valence-electron chi connectivity index (χ4n) is 3.17. The van der Waals surface area contributed by atoms with Crippen molar-refractivity contribution in [3.8, 4) is 0 Å². The molecule has 3 rings (SSSR count). The summed E-state index contributed by atoms with van der Waals surface area (Å²) in [5.74, 6) is 0.779. The van der Waals surface area contributed by atoms with Crippen LogP contribution in [0, 0.1) is 6.92 Å². The van der Waals surface area contributed by atoms with E-state index in [1.807, 2.05) is 31.6 Å². The molecule has 1 aliphatic heterocycles. The molecule has 3 heterocycles. The Labute approximate surface area is 142 Å². The van der Waals surface area contributed by atoms with Crippen LogP contribution in [0.3, 0.4) is 0 Å². The highest BCUT2D eigenvalue weighted by atomic mass is 16.1. The van der Waals surface area contributed by atoms with E-state index in [0.29, 0.717) is 6.04 Å². The molecule has 1 unspecified atom stereocenters. The molecule has 0 bridgehead atoms. The van der Waals surface area contributed by atoms with Crippen LogP contribution in [-0.2, 0) is 13.6 Å². The molecule has 2 aromatic heterocycles. The van der Waals surface area contributed by atoms with Gasteiger partial charge in [-0.2, -0.15) is 0 Å². The molecule has 0 aromatic carbocycles. The van der Waals surface area contributed by atoms with E-state index in [4.69, 9.17) is 0 Å². The van der Waals surface area contributed by atoms with Crippen molar-refractivity contribution in [3.05, 3.63) is 52.2 Å². The van der Waals surface area contributed by atoms with Gasteiger partial charge in [-0.05, 0) is 43.5 Å². The summed E-state index contributed by atoms with van der Waals surface area (Å²) in [6.45, 7) is 4.84. The van der Waals surface area contributed by atoms with Crippen LogP contribution in [0.25, 0.3) is 0 Å². The third-order valence-corrected chi connectivity index (χ3v) is 4.69. The molecule has 1 saturated heterocycles. The molecule has 6 heteroatoms. The summed E-state index contributed by atoms with van der Waals surface area (Å²) in [6, 6.07) is 4.15. The second kappa shape index (κ2) is 7.13. The van der Waals surface area contributed by atoms with Gasteiger partial charge in [0, 0.05) is 57.9 Å². The normalized spacial score (nSPS) is 18.5. The SMILES string of the molecule is Cc1cnc(N(C)C2CCCN(Cc3ccn(C)c(=O)c3)C2)nc1. The van der Waals surface area contributed by atoms with E-state index in [0.717, 1.165) is 49.6 Å². The summed E-state index contributed by atoms with van der Waals surface area (Å²) < 4.78 is 1.60. The summed E-state index contributed by atoms with van der Waals surface area (Å²) in [5.41, 5.74) is 2.20. The average Bonchev–Trinajstić information content (AvgIpc) is 2.58. The molecule has 128 valence electrons. The van der Waals surface area contributed by atoms with Crippen molar-refractivity contribution in [1.29, 1.82) is 0 Å². The van der Waals surface area contributed by atoms with Gasteiger partial charge < -0.3 is 9.47 Å². The lowest BCUT2D eigenvalue weighted by molar-refractivity contribution is 0.198. The van der Waals surface area contributed by atoms with E-state index in [-0.39, 0.29) is 5.56 Å². The molecule has 1 atom stereocenters. The predicted molar refractivity (Wildman–Crippen MR) is 95.2 cm³/mol. The third-order valence-electron chi connectivity index (χ3n) is 4.69. The van der Waals surface area contributed by atoms with Crippen molar-refractivity contribution in [1.82, 2.24) is 19.4 Å². The average molecular weight is 327 g/mol. The minimum Gasteiger partial charge on any atom is -0.340 e. The van der Waals surface area contributed by atoms with Crippen LogP contribution in [0.4, 0.5) is 5.95 Å². The van der Waals surface area contributed by atoms with Crippen molar-refractivity contribution in [2.24, 2.45) is 7.05 Å². The summed E-state index contributed by atoms with van der Waals surface area (Å²) >= 11 is 0. The van der Waals surface area contributed by atoms with E-state index in [1.54, 1.807) is 17.7 Å². The van der Waals surface area contributed by atoms with Crippen molar-refractivity contribution >= 4 is 5.95 Å². The predicted octanol–water partition coefficient (Wildman–Crippen LogP) is 1.58. The van der Waals surface area contributed by atoms with Gasteiger partial charge in [0.15, 0.2) is 0 Å². The van der Waals surface area contributed by atoms with Gasteiger partial charge in [-0.3, -0.25) is 9.69 Å². The fraction of sp³-hybridized carbons (Fsp3) is 0.500. The number of anilines is 1. The third kappa shape index (κ3) is 3.82. The maximum absolute atomic E-state index is 11.8. The summed E-state index contributed by atoms with van der Waals surface area (Å²) in [6.07, 6.45) is 7.84. The Morgan fingerprint density at radius 2 is 2.08 bits per heavy atom. The molecule has 0 spiro atoms. The van der Waals surface area contributed by atoms with Gasteiger partial charge >= 0.3 is 0 Å². The Bertz CT molecular complexity index is 740. The molecule has 0 radical (unpaired) electrons. The lowest BCUT2D eigenvalue weighted by Crippen LogP contribution is -2.46. The first-order chi connectivity index (χ1) is 11.5. The Morgan fingerprint density at radius 3 is 2.79 bits per heavy atom. The van der Waals surface area contributed by atoms with Gasteiger partial charge in [-0.15, -0.1) is 0 Å². The van der Waals surface area contributed by atoms with Crippen molar-refractivity contribution < 1.29 is 0 Å². The van der Waals surface area contributed by atoms with E-state index >= 15 is 0 Å². The van der Waals surface area contributed by atoms with E-state index in [1.165, 1.54) is 0 Å². The van der Waals surface area contributed by atoms with Crippen LogP contribution in [0.5, 0.6) is 0 Å². The zero-order chi connectivity index (χ0) is 17.1. The lowest BCUT2D eigenvalue weighted by Gasteiger charge is -2.37. The molecule has 0 N–H and O–H groups in total. The number of nitrogens with zero attached hydrogens (tertiary/aromatic N) is 5. The first-order valence-electron chi connectivity index (χ1n) is 8.42. The number of aryl methyl sites for hydroxylation is 2. The Hall–Kier alpha value is -2.21. The quantitative estimate of drug-likeness (QED) is 0.853. The summed E-state index contributed by atoms with van der Waals surface area (Å²) in [4.78, 5) is 25.2. The number of pyridine rings is 1. The first-order valence-corrected chi connectivity index (χ1v) is 8.42. The van der Waals surface area contributed by atoms with Crippen LogP contribution in [0.15, 0.2) is 35.5 Å². The zero-order valence-corrected chi connectivity index (χ0v) is 14.6. The van der Waals surface area contributed by atoms with Crippen LogP contribution >= 0.6 is 0 Å². The van der Waals surface area contributed by atoms with Gasteiger partial charge in [0.05, 0.1) is 0 Å². The van der Waals surface area contributed by atoms with Crippen molar-refractivity contribution in [2.45, 2.75) is 32.4 Å². The number of rotatable bonds is 4. The van der Waals surface area contributed by atoms with Crippen LogP contribution < -0.4 is 10.5 Å². The largest absolute Gasteiger partial charge is 0.340 e. The Kier molecular flexibility index (Phi) is 4.94. The van der Waals surface area contributed by atoms with Crippen molar-refractivity contribution in [3.63, 3.8) is 0 Å². The highest BCUT2D eigenvalue weighted by Crippen LogP contribution is 2.19. The first kappa shape index (κ1) is 16.6. The standard InChI is InChI=1S/C18H25N5O/c1-14-10-19-18(20-11-14)22(3)16-5-4-7-23(13-16)12-15-6-8-21(2)17(24)9-15/h6,8-11,16H,4-5,7,12-13H2,1-3H3. The number of likely N-dealkylation sites (N-methyl/N-ethyl adjacent to an activating group) is 1. The molecule has 0 aliphatic carbocycles. The topological polar surface area (TPSA) is 54.3 Å². The molecule has 24 heavy (non-hydrogen) atoms. The lowest BCUT2D eigenvalue weighted by atomic mass is 10.0. The number of hydrogen-bond acceptors (Lipinski definition) is 5. The highest BCUT2D eigenvalue weighted by Gasteiger charge is 2.24. The van der Waals surface area contributed by atoms with Crippen molar-refractivity contribution in [2.75, 3.05) is 25.0 Å². The van der Waals surface area contributed by atoms with Gasteiger partial charge in [0.2, 0.25) is 5.95 Å². The van der Waals surface area contributed by atoms with E-state index < -0.39 is 0 Å². The van der Waals surface area contributed by atoms with Crippen LogP contribution in [0.1, 0.15) is 24.0 Å². The molecule has 1 fully saturated rings. The van der Waals surface area contributed by atoms with Gasteiger partial charge in [0.25, 0.3) is 5.56 Å². The van der Waals surface area contributed by atoms with Gasteiger partial charge in [0.1, 0.15) is 0 Å². The van der Waals surface area contributed by atoms with Crippen LogP contribution in [-0.4, -0.2) is 45.6 Å². The summed E-state index contributed by atoms with van der Waals surface area (Å²) in [5, 5.41) is 0. The molecule has 0 amide bonds. The minimum absolute atomic E-state index is 0.0474. The second-order valence-electron chi connectivity index (χ2n) is 6.69. The molecule has 1 aliphatic rings. The molecule has 6 nitrogen and oxygen atoms in total. The minimum atomic E-state index is 0.0474. The number of piperidine rings is 1. The number of hydrogen-bond donors (Lipinski definition) is 0.